The molecule has 0 saturated carbocycles. The maximum absolute atomic E-state index is 11.9. The first-order chi connectivity index (χ1) is 9.06. The summed E-state index contributed by atoms with van der Waals surface area (Å²) < 4.78 is 0.877. The number of nitrogens with one attached hydrogen (secondary N) is 2. The van der Waals surface area contributed by atoms with E-state index in [1.165, 1.54) is 4.90 Å². The van der Waals surface area contributed by atoms with Gasteiger partial charge in [-0.1, -0.05) is 27.5 Å². The van der Waals surface area contributed by atoms with Crippen molar-refractivity contribution in [3.63, 3.8) is 0 Å². The van der Waals surface area contributed by atoms with E-state index in [1.807, 2.05) is 6.07 Å². The normalized spacial score (nSPS) is 15.1. The summed E-state index contributed by atoms with van der Waals surface area (Å²) in [5.41, 5.74) is 0.694. The Hall–Kier alpha value is -1.27. The molecule has 7 heteroatoms. The first kappa shape index (κ1) is 14.1. The van der Waals surface area contributed by atoms with E-state index in [9.17, 15) is 9.59 Å². The number of piperazine rings is 1. The maximum Gasteiger partial charge on any atom is 0.242 e. The third-order valence-corrected chi connectivity index (χ3v) is 3.56. The van der Waals surface area contributed by atoms with Crippen molar-refractivity contribution in [2.75, 3.05) is 31.5 Å². The summed E-state index contributed by atoms with van der Waals surface area (Å²) in [6, 6.07) is 5.39. The number of hydrogen-bond donors (Lipinski definition) is 2. The molecule has 1 aliphatic rings. The van der Waals surface area contributed by atoms with E-state index in [4.69, 9.17) is 11.6 Å². The third-order valence-electron chi connectivity index (χ3n) is 2.75. The van der Waals surface area contributed by atoms with Gasteiger partial charge < -0.3 is 15.5 Å². The molecule has 2 amide bonds. The van der Waals surface area contributed by atoms with E-state index in [2.05, 4.69) is 26.6 Å². The second-order valence-electron chi connectivity index (χ2n) is 4.14. The van der Waals surface area contributed by atoms with Gasteiger partial charge in [0.2, 0.25) is 11.8 Å². The van der Waals surface area contributed by atoms with Gasteiger partial charge in [-0.3, -0.25) is 9.59 Å². The molecule has 0 aliphatic carbocycles. The summed E-state index contributed by atoms with van der Waals surface area (Å²) in [6.45, 7) is 1.28. The highest BCUT2D eigenvalue weighted by Gasteiger charge is 2.20. The number of carbonyl (C=O) groups is 2. The van der Waals surface area contributed by atoms with Gasteiger partial charge in [-0.15, -0.1) is 0 Å². The summed E-state index contributed by atoms with van der Waals surface area (Å²) in [4.78, 5) is 24.6. The maximum atomic E-state index is 11.9. The second kappa shape index (κ2) is 6.25. The molecule has 0 aromatic heterocycles. The molecule has 0 spiro atoms. The Balaban J connectivity index is 1.91. The van der Waals surface area contributed by atoms with Crippen molar-refractivity contribution in [3.8, 4) is 0 Å². The predicted octanol–water partition coefficient (Wildman–Crippen LogP) is 1.47. The molecule has 2 rings (SSSR count). The fourth-order valence-corrected chi connectivity index (χ4v) is 2.51. The Morgan fingerprint density at radius 3 is 3.00 bits per heavy atom. The molecule has 1 aromatic rings. The lowest BCUT2D eigenvalue weighted by Crippen LogP contribution is -2.51. The summed E-state index contributed by atoms with van der Waals surface area (Å²) in [7, 11) is 0. The van der Waals surface area contributed by atoms with Crippen LogP contribution in [0.5, 0.6) is 0 Å². The fourth-order valence-electron chi connectivity index (χ4n) is 1.77. The molecule has 1 heterocycles. The first-order valence-corrected chi connectivity index (χ1v) is 6.97. The Labute approximate surface area is 124 Å². The van der Waals surface area contributed by atoms with Crippen molar-refractivity contribution in [2.24, 2.45) is 0 Å². The topological polar surface area (TPSA) is 61.4 Å². The van der Waals surface area contributed by atoms with Crippen LogP contribution < -0.4 is 10.6 Å². The second-order valence-corrected chi connectivity index (χ2v) is 5.47. The van der Waals surface area contributed by atoms with Gasteiger partial charge in [-0.25, -0.2) is 0 Å². The Morgan fingerprint density at radius 2 is 2.32 bits per heavy atom. The molecule has 1 saturated heterocycles. The number of amides is 2. The van der Waals surface area contributed by atoms with Crippen LogP contribution in [0.2, 0.25) is 5.02 Å². The minimum absolute atomic E-state index is 0.117. The smallest absolute Gasteiger partial charge is 0.242 e. The van der Waals surface area contributed by atoms with Crippen molar-refractivity contribution in [2.45, 2.75) is 0 Å². The van der Waals surface area contributed by atoms with Crippen molar-refractivity contribution in [1.29, 1.82) is 0 Å². The van der Waals surface area contributed by atoms with Gasteiger partial charge in [0.25, 0.3) is 0 Å². The Morgan fingerprint density at radius 1 is 1.53 bits per heavy atom. The molecular formula is C12H13BrClN3O2. The summed E-state index contributed by atoms with van der Waals surface area (Å²) >= 11 is 9.35. The minimum Gasteiger partial charge on any atom is -0.375 e. The van der Waals surface area contributed by atoms with Crippen LogP contribution in [0.25, 0.3) is 0 Å². The van der Waals surface area contributed by atoms with Gasteiger partial charge >= 0.3 is 0 Å². The average Bonchev–Trinajstić information content (AvgIpc) is 2.37. The van der Waals surface area contributed by atoms with Gasteiger partial charge in [-0.05, 0) is 18.2 Å². The largest absolute Gasteiger partial charge is 0.375 e. The van der Waals surface area contributed by atoms with Crippen LogP contribution in [0.15, 0.2) is 22.7 Å². The highest BCUT2D eigenvalue weighted by molar-refractivity contribution is 9.10. The van der Waals surface area contributed by atoms with Crippen molar-refractivity contribution in [1.82, 2.24) is 10.2 Å². The number of nitrogens with zero attached hydrogens (tertiary/aromatic N) is 1. The van der Waals surface area contributed by atoms with E-state index < -0.39 is 0 Å². The van der Waals surface area contributed by atoms with Crippen LogP contribution in [-0.2, 0) is 9.59 Å². The zero-order valence-electron chi connectivity index (χ0n) is 10.1. The van der Waals surface area contributed by atoms with Crippen LogP contribution >= 0.6 is 27.5 Å². The van der Waals surface area contributed by atoms with Gasteiger partial charge in [0.1, 0.15) is 0 Å². The predicted molar refractivity (Wildman–Crippen MR) is 77.2 cm³/mol. The fraction of sp³-hybridized carbons (Fsp3) is 0.333. The molecule has 0 atom stereocenters. The van der Waals surface area contributed by atoms with Crippen LogP contribution in [0, 0.1) is 0 Å². The molecule has 0 bridgehead atoms. The van der Waals surface area contributed by atoms with Gasteiger partial charge in [0.05, 0.1) is 23.8 Å². The minimum atomic E-state index is -0.124. The lowest BCUT2D eigenvalue weighted by atomic mass is 10.3. The zero-order valence-corrected chi connectivity index (χ0v) is 12.4. The lowest BCUT2D eigenvalue weighted by Gasteiger charge is -2.26. The van der Waals surface area contributed by atoms with Crippen LogP contribution in [0.4, 0.5) is 5.69 Å². The number of anilines is 1. The van der Waals surface area contributed by atoms with E-state index in [1.54, 1.807) is 12.1 Å². The number of halogens is 2. The lowest BCUT2D eigenvalue weighted by molar-refractivity contribution is -0.136. The van der Waals surface area contributed by atoms with Crippen LogP contribution in [0.1, 0.15) is 0 Å². The van der Waals surface area contributed by atoms with Crippen molar-refractivity contribution >= 4 is 45.0 Å². The van der Waals surface area contributed by atoms with Crippen LogP contribution in [0.3, 0.4) is 0 Å². The number of hydrogen-bond acceptors (Lipinski definition) is 3. The monoisotopic (exact) mass is 345 g/mol. The molecule has 19 heavy (non-hydrogen) atoms. The highest BCUT2D eigenvalue weighted by atomic mass is 79.9. The van der Waals surface area contributed by atoms with Gasteiger partial charge in [0.15, 0.2) is 0 Å². The van der Waals surface area contributed by atoms with Crippen molar-refractivity contribution < 1.29 is 9.59 Å². The van der Waals surface area contributed by atoms with E-state index >= 15 is 0 Å². The van der Waals surface area contributed by atoms with E-state index in [-0.39, 0.29) is 24.9 Å². The molecular weight excluding hydrogens is 334 g/mol. The molecule has 102 valence electrons. The van der Waals surface area contributed by atoms with Crippen molar-refractivity contribution in [3.05, 3.63) is 27.7 Å². The number of benzene rings is 1. The standard InChI is InChI=1S/C12H13BrClN3O2/c13-8-1-2-10(9(14)5-8)16-6-12(19)17-4-3-15-11(18)7-17/h1-2,5,16H,3-4,6-7H2,(H,15,18). The highest BCUT2D eigenvalue weighted by Crippen LogP contribution is 2.25. The molecule has 2 N–H and O–H groups in total. The molecule has 1 aromatic carbocycles. The van der Waals surface area contributed by atoms with Gasteiger partial charge in [0, 0.05) is 17.6 Å². The summed E-state index contributed by atoms with van der Waals surface area (Å²) in [6.07, 6.45) is 0. The quantitative estimate of drug-likeness (QED) is 0.871. The summed E-state index contributed by atoms with van der Waals surface area (Å²) in [5.74, 6) is -0.241. The van der Waals surface area contributed by atoms with Crippen LogP contribution in [-0.4, -0.2) is 42.9 Å². The molecule has 5 nitrogen and oxygen atoms in total. The molecule has 1 fully saturated rings. The Kier molecular flexibility index (Phi) is 4.66. The summed E-state index contributed by atoms with van der Waals surface area (Å²) in [5, 5.41) is 6.19. The first-order valence-electron chi connectivity index (χ1n) is 5.79. The number of carbonyl (C=O) groups excluding carboxylic acids is 2. The van der Waals surface area contributed by atoms with Gasteiger partial charge in [-0.2, -0.15) is 0 Å². The molecule has 0 radical (unpaired) electrons. The third kappa shape index (κ3) is 3.84. The average molecular weight is 347 g/mol. The van der Waals surface area contributed by atoms with E-state index in [0.717, 1.165) is 4.47 Å². The molecule has 0 unspecified atom stereocenters. The molecule has 1 aliphatic heterocycles. The van der Waals surface area contributed by atoms with E-state index in [0.29, 0.717) is 23.8 Å². The number of rotatable bonds is 3. The zero-order chi connectivity index (χ0) is 13.8. The Bertz CT molecular complexity index is 510. The SMILES string of the molecule is O=C1CN(C(=O)CNc2ccc(Br)cc2Cl)CCN1.